The molecule has 0 spiro atoms. The van der Waals surface area contributed by atoms with Crippen molar-refractivity contribution in [1.29, 1.82) is 0 Å². The Balaban J connectivity index is 0.000000162. The van der Waals surface area contributed by atoms with Crippen LogP contribution in [0.3, 0.4) is 0 Å². The summed E-state index contributed by atoms with van der Waals surface area (Å²) < 4.78 is 10.9. The molecular weight excluding hydrogens is 504 g/mol. The van der Waals surface area contributed by atoms with Gasteiger partial charge in [0.05, 0.1) is 8.95 Å². The monoisotopic (exact) mass is 512 g/mol. The number of aromatic hydroxyl groups is 2. The van der Waals surface area contributed by atoms with Crippen LogP contribution in [0.5, 0.6) is 11.5 Å². The summed E-state index contributed by atoms with van der Waals surface area (Å²) in [6.07, 6.45) is 0. The largest absolute Gasteiger partial charge is 0.508 e. The second-order valence-corrected chi connectivity index (χ2v) is 7.13. The van der Waals surface area contributed by atoms with Gasteiger partial charge in [0.2, 0.25) is 11.5 Å². The molecule has 0 aliphatic heterocycles. The second-order valence-electron chi connectivity index (χ2n) is 5.49. The zero-order chi connectivity index (χ0) is 20.6. The number of carboxylic acids is 2. The zero-order valence-corrected chi connectivity index (χ0v) is 16.8. The van der Waals surface area contributed by atoms with Crippen molar-refractivity contribution in [3.8, 4) is 11.5 Å². The number of carboxylic acid groups (broad SMARTS) is 2. The van der Waals surface area contributed by atoms with Gasteiger partial charge in [-0.15, -0.1) is 0 Å². The Hall–Kier alpha value is -2.98. The highest BCUT2D eigenvalue weighted by Crippen LogP contribution is 2.39. The Bertz CT molecular complexity index is 1220. The summed E-state index contributed by atoms with van der Waals surface area (Å²) in [7, 11) is 0. The normalized spacial score (nSPS) is 10.6. The molecule has 4 aromatic rings. The predicted molar refractivity (Wildman–Crippen MR) is 105 cm³/mol. The van der Waals surface area contributed by atoms with E-state index < -0.39 is 11.9 Å². The van der Waals surface area contributed by atoms with Crippen LogP contribution >= 0.6 is 31.9 Å². The lowest BCUT2D eigenvalue weighted by molar-refractivity contribution is 0.0655. The van der Waals surface area contributed by atoms with Crippen LogP contribution in [-0.2, 0) is 0 Å². The molecule has 0 aliphatic carbocycles. The quantitative estimate of drug-likeness (QED) is 0.286. The maximum Gasteiger partial charge on any atom is 0.371 e. The van der Waals surface area contributed by atoms with E-state index in [1.54, 1.807) is 0 Å². The van der Waals surface area contributed by atoms with Crippen molar-refractivity contribution < 1.29 is 38.8 Å². The fraction of sp³-hybridized carbons (Fsp3) is 0. The molecule has 0 radical (unpaired) electrons. The second kappa shape index (κ2) is 7.56. The van der Waals surface area contributed by atoms with Crippen LogP contribution in [0, 0.1) is 0 Å². The number of halogens is 2. The van der Waals surface area contributed by atoms with Crippen LogP contribution in [0.1, 0.15) is 21.1 Å². The van der Waals surface area contributed by atoms with E-state index in [4.69, 9.17) is 24.2 Å². The summed E-state index contributed by atoms with van der Waals surface area (Å²) in [6, 6.07) is 8.66. The molecule has 0 saturated carbocycles. The smallest absolute Gasteiger partial charge is 0.371 e. The van der Waals surface area contributed by atoms with Gasteiger partial charge in [0.15, 0.2) is 0 Å². The molecule has 0 fully saturated rings. The Morgan fingerprint density at radius 1 is 0.821 bits per heavy atom. The number of aromatic carboxylic acids is 2. The summed E-state index contributed by atoms with van der Waals surface area (Å²) in [5.41, 5.74) is 0.846. The fourth-order valence-corrected chi connectivity index (χ4v) is 3.54. The number of carbonyl (C=O) groups is 2. The minimum Gasteiger partial charge on any atom is -0.508 e. The van der Waals surface area contributed by atoms with Gasteiger partial charge in [-0.2, -0.15) is 0 Å². The van der Waals surface area contributed by atoms with Gasteiger partial charge < -0.3 is 29.3 Å². The standard InChI is InChI=1S/C9H4Br2O4.C9H6O4/c10-4-2-5-3(7(11)8(4)12)1-6(15-5)9(13)14;10-6-1-2-7-5(3-6)4-8(13-7)9(11)12/h1-2,12H,(H,13,14);1-4,10H,(H,11,12). The molecule has 0 saturated heterocycles. The van der Waals surface area contributed by atoms with E-state index in [1.807, 2.05) is 0 Å². The fourth-order valence-electron chi connectivity index (χ4n) is 2.34. The SMILES string of the molecule is O=C(O)c1cc2c(Br)c(O)c(Br)cc2o1.O=C(O)c1cc2cc(O)ccc2o1. The number of benzene rings is 2. The van der Waals surface area contributed by atoms with Crippen molar-refractivity contribution in [2.75, 3.05) is 0 Å². The number of phenolic OH excluding ortho intramolecular Hbond substituents is 2. The van der Waals surface area contributed by atoms with Crippen molar-refractivity contribution >= 4 is 65.7 Å². The van der Waals surface area contributed by atoms with Crippen LogP contribution in [-0.4, -0.2) is 32.4 Å². The van der Waals surface area contributed by atoms with Gasteiger partial charge >= 0.3 is 11.9 Å². The van der Waals surface area contributed by atoms with Crippen molar-refractivity contribution in [2.45, 2.75) is 0 Å². The molecule has 144 valence electrons. The van der Waals surface area contributed by atoms with Crippen LogP contribution in [0.4, 0.5) is 0 Å². The number of hydrogen-bond donors (Lipinski definition) is 4. The Kier molecular flexibility index (Phi) is 5.34. The van der Waals surface area contributed by atoms with Gasteiger partial charge in [0, 0.05) is 16.8 Å². The van der Waals surface area contributed by atoms with Gasteiger partial charge in [-0.05, 0) is 62.2 Å². The molecule has 0 unspecified atom stereocenters. The highest BCUT2D eigenvalue weighted by Gasteiger charge is 2.16. The first-order valence-corrected chi connectivity index (χ1v) is 9.05. The Labute approximate surface area is 172 Å². The van der Waals surface area contributed by atoms with Crippen molar-refractivity contribution in [3.05, 3.63) is 56.9 Å². The summed E-state index contributed by atoms with van der Waals surface area (Å²) in [5.74, 6) is -2.45. The van der Waals surface area contributed by atoms with E-state index in [1.165, 1.54) is 36.4 Å². The molecule has 0 atom stereocenters. The number of furan rings is 2. The van der Waals surface area contributed by atoms with Crippen LogP contribution in [0.2, 0.25) is 0 Å². The molecule has 2 aromatic carbocycles. The maximum atomic E-state index is 10.7. The molecule has 10 heteroatoms. The molecule has 2 heterocycles. The number of hydrogen-bond acceptors (Lipinski definition) is 6. The molecule has 0 bridgehead atoms. The van der Waals surface area contributed by atoms with Crippen LogP contribution < -0.4 is 0 Å². The van der Waals surface area contributed by atoms with E-state index >= 15 is 0 Å². The van der Waals surface area contributed by atoms with Gasteiger partial charge in [0.1, 0.15) is 22.7 Å². The number of fused-ring (bicyclic) bond motifs is 2. The summed E-state index contributed by atoms with van der Waals surface area (Å²) in [4.78, 5) is 21.2. The Morgan fingerprint density at radius 2 is 1.43 bits per heavy atom. The molecule has 8 nitrogen and oxygen atoms in total. The Morgan fingerprint density at radius 3 is 2.07 bits per heavy atom. The third kappa shape index (κ3) is 3.82. The average Bonchev–Trinajstić information content (AvgIpc) is 3.24. The minimum absolute atomic E-state index is 0.0141. The van der Waals surface area contributed by atoms with Crippen LogP contribution in [0.25, 0.3) is 21.9 Å². The maximum absolute atomic E-state index is 10.7. The van der Waals surface area contributed by atoms with Gasteiger partial charge in [-0.1, -0.05) is 0 Å². The van der Waals surface area contributed by atoms with Crippen LogP contribution in [0.15, 0.2) is 54.2 Å². The average molecular weight is 514 g/mol. The highest BCUT2D eigenvalue weighted by molar-refractivity contribution is 9.11. The van der Waals surface area contributed by atoms with Crippen molar-refractivity contribution in [2.24, 2.45) is 0 Å². The molecular formula is C18H10Br2O8. The lowest BCUT2D eigenvalue weighted by Crippen LogP contribution is -1.91. The number of rotatable bonds is 2. The lowest BCUT2D eigenvalue weighted by Gasteiger charge is -1.99. The van der Waals surface area contributed by atoms with Gasteiger partial charge in [-0.3, -0.25) is 0 Å². The van der Waals surface area contributed by atoms with E-state index in [-0.39, 0.29) is 23.0 Å². The topological polar surface area (TPSA) is 141 Å². The van der Waals surface area contributed by atoms with Crippen molar-refractivity contribution in [3.63, 3.8) is 0 Å². The van der Waals surface area contributed by atoms with Gasteiger partial charge in [0.25, 0.3) is 0 Å². The number of phenols is 2. The molecule has 4 rings (SSSR count). The summed E-state index contributed by atoms with van der Waals surface area (Å²) in [5, 5.41) is 37.1. The van der Waals surface area contributed by atoms with Crippen molar-refractivity contribution in [1.82, 2.24) is 0 Å². The third-order valence-electron chi connectivity index (χ3n) is 3.61. The first-order valence-electron chi connectivity index (χ1n) is 7.47. The lowest BCUT2D eigenvalue weighted by atomic mass is 10.2. The van der Waals surface area contributed by atoms with Gasteiger partial charge in [-0.25, -0.2) is 9.59 Å². The van der Waals surface area contributed by atoms with E-state index in [9.17, 15) is 14.7 Å². The summed E-state index contributed by atoms with van der Waals surface area (Å²) >= 11 is 6.29. The summed E-state index contributed by atoms with van der Waals surface area (Å²) in [6.45, 7) is 0. The van der Waals surface area contributed by atoms with E-state index in [0.29, 0.717) is 30.9 Å². The molecule has 2 aromatic heterocycles. The predicted octanol–water partition coefficient (Wildman–Crippen LogP) is 5.20. The first kappa shape index (κ1) is 19.8. The molecule has 0 amide bonds. The van der Waals surface area contributed by atoms with E-state index in [2.05, 4.69) is 31.9 Å². The first-order chi connectivity index (χ1) is 13.2. The molecule has 0 aliphatic rings. The zero-order valence-electron chi connectivity index (χ0n) is 13.6. The third-order valence-corrected chi connectivity index (χ3v) is 5.02. The highest BCUT2D eigenvalue weighted by atomic mass is 79.9. The van der Waals surface area contributed by atoms with E-state index in [0.717, 1.165) is 0 Å². The molecule has 28 heavy (non-hydrogen) atoms. The minimum atomic E-state index is -1.14. The molecule has 4 N–H and O–H groups in total.